The first-order chi connectivity index (χ1) is 12.7. The molecule has 2 aliphatic rings. The van der Waals surface area contributed by atoms with Crippen LogP contribution >= 0.6 is 0 Å². The smallest absolute Gasteiger partial charge is 0.259 e. The number of hydrogen-bond donors (Lipinski definition) is 0. The Hall–Kier alpha value is -2.90. The summed E-state index contributed by atoms with van der Waals surface area (Å²) >= 11 is 0. The quantitative estimate of drug-likeness (QED) is 0.816. The van der Waals surface area contributed by atoms with Crippen molar-refractivity contribution in [2.75, 3.05) is 38.8 Å². The minimum Gasteiger partial charge on any atom is -0.481 e. The van der Waals surface area contributed by atoms with Crippen molar-refractivity contribution in [2.45, 2.75) is 12.5 Å². The highest BCUT2D eigenvalue weighted by Crippen LogP contribution is 2.36. The fourth-order valence-electron chi connectivity index (χ4n) is 3.71. The summed E-state index contributed by atoms with van der Waals surface area (Å²) in [6, 6.07) is 3.67. The second-order valence-electron chi connectivity index (χ2n) is 6.49. The van der Waals surface area contributed by atoms with Gasteiger partial charge in [-0.25, -0.2) is 4.98 Å². The second-order valence-corrected chi connectivity index (χ2v) is 6.49. The number of hydrogen-bond acceptors (Lipinski definition) is 7. The lowest BCUT2D eigenvalue weighted by molar-refractivity contribution is 0.0587. The molecular formula is C18H21N5O3. The van der Waals surface area contributed by atoms with E-state index in [9.17, 15) is 4.79 Å². The highest BCUT2D eigenvalue weighted by molar-refractivity contribution is 5.96. The summed E-state index contributed by atoms with van der Waals surface area (Å²) in [5.41, 5.74) is 0.456. The highest BCUT2D eigenvalue weighted by Gasteiger charge is 2.44. The average molecular weight is 355 g/mol. The number of amides is 1. The van der Waals surface area contributed by atoms with Gasteiger partial charge in [-0.3, -0.25) is 9.78 Å². The van der Waals surface area contributed by atoms with Crippen LogP contribution in [0.25, 0.3) is 0 Å². The zero-order valence-electron chi connectivity index (χ0n) is 14.8. The second kappa shape index (κ2) is 6.78. The number of anilines is 1. The van der Waals surface area contributed by atoms with Crippen molar-refractivity contribution >= 4 is 11.7 Å². The number of fused-ring (bicyclic) bond motifs is 1. The highest BCUT2D eigenvalue weighted by atomic mass is 16.5. The summed E-state index contributed by atoms with van der Waals surface area (Å²) < 4.78 is 10.4. The molecule has 0 spiro atoms. The molecule has 0 aromatic carbocycles. The molecule has 0 saturated carbocycles. The third kappa shape index (κ3) is 2.81. The van der Waals surface area contributed by atoms with Crippen LogP contribution in [0.3, 0.4) is 0 Å². The molecule has 0 unspecified atom stereocenters. The van der Waals surface area contributed by atoms with Gasteiger partial charge in [-0.2, -0.15) is 4.98 Å². The molecule has 136 valence electrons. The molecular weight excluding hydrogens is 334 g/mol. The van der Waals surface area contributed by atoms with Gasteiger partial charge >= 0.3 is 0 Å². The number of rotatable bonds is 4. The molecule has 2 aromatic heterocycles. The molecule has 26 heavy (non-hydrogen) atoms. The molecule has 2 aliphatic heterocycles. The minimum atomic E-state index is -0.0681. The van der Waals surface area contributed by atoms with Gasteiger partial charge in [-0.1, -0.05) is 0 Å². The zero-order valence-corrected chi connectivity index (χ0v) is 14.8. The number of piperidine rings is 1. The first kappa shape index (κ1) is 16.6. The van der Waals surface area contributed by atoms with E-state index >= 15 is 0 Å². The van der Waals surface area contributed by atoms with E-state index in [1.165, 1.54) is 14.2 Å². The maximum absolute atomic E-state index is 13.0. The lowest BCUT2D eigenvalue weighted by Gasteiger charge is -2.53. The average Bonchev–Trinajstić information content (AvgIpc) is 2.68. The summed E-state index contributed by atoms with van der Waals surface area (Å²) in [7, 11) is 3.04. The number of likely N-dealkylation sites (tertiary alicyclic amines) is 1. The lowest BCUT2D eigenvalue weighted by Crippen LogP contribution is -2.65. The first-order valence-electron chi connectivity index (χ1n) is 8.62. The largest absolute Gasteiger partial charge is 0.481 e. The topological polar surface area (TPSA) is 80.7 Å². The van der Waals surface area contributed by atoms with E-state index in [0.29, 0.717) is 23.9 Å². The van der Waals surface area contributed by atoms with Crippen LogP contribution in [-0.4, -0.2) is 65.7 Å². The number of pyridine rings is 1. The van der Waals surface area contributed by atoms with Crippen LogP contribution in [0.2, 0.25) is 0 Å². The Morgan fingerprint density at radius 2 is 2.08 bits per heavy atom. The zero-order chi connectivity index (χ0) is 18.1. The molecule has 8 nitrogen and oxygen atoms in total. The van der Waals surface area contributed by atoms with Gasteiger partial charge in [0.05, 0.1) is 26.5 Å². The van der Waals surface area contributed by atoms with Crippen LogP contribution < -0.4 is 14.4 Å². The SMILES string of the molecule is COc1ccc(C(=O)N2CC[C@@H]3CN(c4cnccn4)[C@@H]3C2)c(OC)n1. The summed E-state index contributed by atoms with van der Waals surface area (Å²) in [5, 5.41) is 0. The van der Waals surface area contributed by atoms with Gasteiger partial charge in [0, 0.05) is 44.0 Å². The molecule has 4 heterocycles. The predicted octanol–water partition coefficient (Wildman–Crippen LogP) is 1.24. The molecule has 0 radical (unpaired) electrons. The van der Waals surface area contributed by atoms with Gasteiger partial charge in [0.15, 0.2) is 0 Å². The standard InChI is InChI=1S/C18H21N5O3/c1-25-16-4-3-13(17(21-16)26-2)18(24)22-8-5-12-10-23(14(12)11-22)15-9-19-6-7-20-15/h3-4,6-7,9,12,14H,5,8,10-11H2,1-2H3/t12-,14-/m1/s1. The molecule has 2 saturated heterocycles. The van der Waals surface area contributed by atoms with E-state index in [-0.39, 0.29) is 17.8 Å². The predicted molar refractivity (Wildman–Crippen MR) is 94.5 cm³/mol. The Labute approximate surface area is 151 Å². The van der Waals surface area contributed by atoms with Crippen molar-refractivity contribution < 1.29 is 14.3 Å². The number of ether oxygens (including phenoxy) is 2. The van der Waals surface area contributed by atoms with E-state index in [1.807, 2.05) is 4.90 Å². The lowest BCUT2D eigenvalue weighted by atomic mass is 9.82. The molecule has 0 bridgehead atoms. The van der Waals surface area contributed by atoms with Crippen molar-refractivity contribution in [3.8, 4) is 11.8 Å². The third-order valence-corrected chi connectivity index (χ3v) is 5.15. The Balaban J connectivity index is 1.51. The number of methoxy groups -OCH3 is 2. The van der Waals surface area contributed by atoms with Crippen LogP contribution in [0.1, 0.15) is 16.8 Å². The summed E-state index contributed by atoms with van der Waals surface area (Å²) in [5.74, 6) is 2.10. The van der Waals surface area contributed by atoms with Gasteiger partial charge in [0.25, 0.3) is 5.91 Å². The Morgan fingerprint density at radius 1 is 1.19 bits per heavy atom. The maximum atomic E-state index is 13.0. The summed E-state index contributed by atoms with van der Waals surface area (Å²) in [6.45, 7) is 2.37. The summed E-state index contributed by atoms with van der Waals surface area (Å²) in [4.78, 5) is 29.9. The minimum absolute atomic E-state index is 0.0681. The fraction of sp³-hybridized carbons (Fsp3) is 0.444. The van der Waals surface area contributed by atoms with Crippen molar-refractivity contribution in [3.63, 3.8) is 0 Å². The van der Waals surface area contributed by atoms with Crippen LogP contribution in [0.5, 0.6) is 11.8 Å². The van der Waals surface area contributed by atoms with E-state index < -0.39 is 0 Å². The van der Waals surface area contributed by atoms with Crippen LogP contribution in [0.15, 0.2) is 30.7 Å². The summed E-state index contributed by atoms with van der Waals surface area (Å²) in [6.07, 6.45) is 6.12. The first-order valence-corrected chi connectivity index (χ1v) is 8.62. The third-order valence-electron chi connectivity index (χ3n) is 5.15. The van der Waals surface area contributed by atoms with Crippen molar-refractivity contribution in [2.24, 2.45) is 5.92 Å². The van der Waals surface area contributed by atoms with E-state index in [2.05, 4.69) is 19.9 Å². The van der Waals surface area contributed by atoms with Gasteiger partial charge in [-0.05, 0) is 12.5 Å². The molecule has 2 fully saturated rings. The van der Waals surface area contributed by atoms with Gasteiger partial charge in [0.1, 0.15) is 11.4 Å². The van der Waals surface area contributed by atoms with Gasteiger partial charge in [-0.15, -0.1) is 0 Å². The number of aromatic nitrogens is 3. The van der Waals surface area contributed by atoms with Crippen molar-refractivity contribution in [1.29, 1.82) is 0 Å². The Kier molecular flexibility index (Phi) is 4.32. The number of carbonyl (C=O) groups is 1. The van der Waals surface area contributed by atoms with Gasteiger partial charge < -0.3 is 19.3 Å². The number of nitrogens with zero attached hydrogens (tertiary/aromatic N) is 5. The Morgan fingerprint density at radius 3 is 2.81 bits per heavy atom. The maximum Gasteiger partial charge on any atom is 0.259 e. The molecule has 4 rings (SSSR count). The molecule has 2 aromatic rings. The van der Waals surface area contributed by atoms with Gasteiger partial charge in [0.2, 0.25) is 11.8 Å². The molecule has 8 heteroatoms. The molecule has 1 amide bonds. The molecule has 0 aliphatic carbocycles. The molecule has 0 N–H and O–H groups in total. The number of carbonyl (C=O) groups excluding carboxylic acids is 1. The van der Waals surface area contributed by atoms with Crippen molar-refractivity contribution in [3.05, 3.63) is 36.3 Å². The van der Waals surface area contributed by atoms with Crippen LogP contribution in [0, 0.1) is 5.92 Å². The van der Waals surface area contributed by atoms with E-state index in [1.54, 1.807) is 30.7 Å². The van der Waals surface area contributed by atoms with E-state index in [0.717, 1.165) is 25.3 Å². The Bertz CT molecular complexity index is 801. The van der Waals surface area contributed by atoms with Crippen LogP contribution in [0.4, 0.5) is 5.82 Å². The van der Waals surface area contributed by atoms with E-state index in [4.69, 9.17) is 9.47 Å². The molecule has 2 atom stereocenters. The monoisotopic (exact) mass is 355 g/mol. The normalized spacial score (nSPS) is 21.6. The van der Waals surface area contributed by atoms with Crippen LogP contribution in [-0.2, 0) is 0 Å². The van der Waals surface area contributed by atoms with Crippen molar-refractivity contribution in [1.82, 2.24) is 19.9 Å². The fourth-order valence-corrected chi connectivity index (χ4v) is 3.71.